The molecule has 130 valence electrons. The summed E-state index contributed by atoms with van der Waals surface area (Å²) in [5.74, 6) is 0.532. The molecule has 26 heavy (non-hydrogen) atoms. The van der Waals surface area contributed by atoms with Crippen LogP contribution in [0.25, 0.3) is 17.3 Å². The molecule has 0 aromatic carbocycles. The van der Waals surface area contributed by atoms with Crippen molar-refractivity contribution in [2.75, 3.05) is 6.54 Å². The molecule has 1 amide bonds. The Morgan fingerprint density at radius 3 is 3.12 bits per heavy atom. The van der Waals surface area contributed by atoms with Gasteiger partial charge in [-0.05, 0) is 25.0 Å². The van der Waals surface area contributed by atoms with Gasteiger partial charge < -0.3 is 9.63 Å². The standard InChI is InChI=1S/C16H13N7O3/c17-7-10-8-19-23(9-10)11-3-4-18-12(6-11)15-20-14(21-26-15)13-2-1-5-22(13)16(24)25/h3-4,6,8-9,13H,1-2,5H2,(H,24,25)/t13-/m0/s1. The fourth-order valence-corrected chi connectivity index (χ4v) is 2.94. The molecule has 1 fully saturated rings. The Balaban J connectivity index is 1.63. The van der Waals surface area contributed by atoms with Crippen LogP contribution in [0.3, 0.4) is 0 Å². The van der Waals surface area contributed by atoms with E-state index in [0.717, 1.165) is 6.42 Å². The van der Waals surface area contributed by atoms with E-state index in [-0.39, 0.29) is 5.89 Å². The lowest BCUT2D eigenvalue weighted by Crippen LogP contribution is -2.29. The van der Waals surface area contributed by atoms with Crippen LogP contribution in [0.2, 0.25) is 0 Å². The average Bonchev–Trinajstić information content (AvgIpc) is 3.40. The van der Waals surface area contributed by atoms with Gasteiger partial charge in [-0.15, -0.1) is 0 Å². The number of nitriles is 1. The van der Waals surface area contributed by atoms with Crippen molar-refractivity contribution in [2.45, 2.75) is 18.9 Å². The van der Waals surface area contributed by atoms with E-state index in [9.17, 15) is 9.90 Å². The van der Waals surface area contributed by atoms with E-state index in [0.29, 0.717) is 35.7 Å². The fourth-order valence-electron chi connectivity index (χ4n) is 2.94. The maximum Gasteiger partial charge on any atom is 0.407 e. The number of amides is 1. The van der Waals surface area contributed by atoms with Crippen molar-refractivity contribution in [2.24, 2.45) is 0 Å². The zero-order valence-electron chi connectivity index (χ0n) is 13.5. The fraction of sp³-hybridized carbons (Fsp3) is 0.250. The number of nitrogens with zero attached hydrogens (tertiary/aromatic N) is 7. The molecule has 1 N–H and O–H groups in total. The molecular weight excluding hydrogens is 338 g/mol. The van der Waals surface area contributed by atoms with Crippen molar-refractivity contribution in [3.05, 3.63) is 42.1 Å². The molecule has 4 rings (SSSR count). The van der Waals surface area contributed by atoms with Crippen LogP contribution in [0.1, 0.15) is 30.3 Å². The van der Waals surface area contributed by atoms with E-state index in [1.165, 1.54) is 11.1 Å². The first-order chi connectivity index (χ1) is 12.7. The van der Waals surface area contributed by atoms with Crippen molar-refractivity contribution in [3.63, 3.8) is 0 Å². The van der Waals surface area contributed by atoms with E-state index in [2.05, 4.69) is 20.2 Å². The minimum atomic E-state index is -0.994. The zero-order valence-corrected chi connectivity index (χ0v) is 13.5. The second-order valence-corrected chi connectivity index (χ2v) is 5.78. The highest BCUT2D eigenvalue weighted by atomic mass is 16.5. The number of pyridine rings is 1. The number of rotatable bonds is 3. The first-order valence-electron chi connectivity index (χ1n) is 7.90. The van der Waals surface area contributed by atoms with Gasteiger partial charge in [0.2, 0.25) is 0 Å². The normalized spacial score (nSPS) is 16.6. The topological polar surface area (TPSA) is 134 Å². The molecular formula is C16H13N7O3. The highest BCUT2D eigenvalue weighted by Crippen LogP contribution is 2.31. The predicted octanol–water partition coefficient (Wildman–Crippen LogP) is 2.00. The molecule has 0 unspecified atom stereocenters. The van der Waals surface area contributed by atoms with Gasteiger partial charge in [-0.25, -0.2) is 9.48 Å². The van der Waals surface area contributed by atoms with Crippen molar-refractivity contribution >= 4 is 6.09 Å². The van der Waals surface area contributed by atoms with Crippen LogP contribution in [0.15, 0.2) is 35.2 Å². The zero-order chi connectivity index (χ0) is 18.1. The highest BCUT2D eigenvalue weighted by Gasteiger charge is 2.33. The summed E-state index contributed by atoms with van der Waals surface area (Å²) >= 11 is 0. The molecule has 1 aliphatic rings. The maximum atomic E-state index is 11.3. The second-order valence-electron chi connectivity index (χ2n) is 5.78. The number of carbonyl (C=O) groups is 1. The summed E-state index contributed by atoms with van der Waals surface area (Å²) < 4.78 is 6.83. The largest absolute Gasteiger partial charge is 0.465 e. The molecule has 3 aromatic rings. The lowest BCUT2D eigenvalue weighted by Gasteiger charge is -2.17. The molecule has 1 saturated heterocycles. The highest BCUT2D eigenvalue weighted by molar-refractivity contribution is 5.66. The Hall–Kier alpha value is -3.74. The minimum Gasteiger partial charge on any atom is -0.465 e. The predicted molar refractivity (Wildman–Crippen MR) is 86.1 cm³/mol. The molecule has 0 spiro atoms. The van der Waals surface area contributed by atoms with Crippen molar-refractivity contribution in [3.8, 4) is 23.3 Å². The van der Waals surface area contributed by atoms with Gasteiger partial charge in [0.15, 0.2) is 5.82 Å². The number of hydrogen-bond donors (Lipinski definition) is 1. The quantitative estimate of drug-likeness (QED) is 0.757. The van der Waals surface area contributed by atoms with Gasteiger partial charge in [0.05, 0.1) is 23.5 Å². The number of likely N-dealkylation sites (tertiary alicyclic amines) is 1. The Morgan fingerprint density at radius 1 is 1.46 bits per heavy atom. The van der Waals surface area contributed by atoms with E-state index < -0.39 is 12.1 Å². The molecule has 0 radical (unpaired) electrons. The Morgan fingerprint density at radius 2 is 2.35 bits per heavy atom. The summed E-state index contributed by atoms with van der Waals surface area (Å²) in [4.78, 5) is 21.1. The number of carboxylic acid groups (broad SMARTS) is 1. The Kier molecular flexibility index (Phi) is 3.81. The third kappa shape index (κ3) is 2.75. The van der Waals surface area contributed by atoms with Gasteiger partial charge in [-0.1, -0.05) is 5.16 Å². The molecule has 4 heterocycles. The van der Waals surface area contributed by atoms with E-state index in [1.54, 1.807) is 29.2 Å². The van der Waals surface area contributed by atoms with Crippen molar-refractivity contribution < 1.29 is 14.4 Å². The van der Waals surface area contributed by atoms with Gasteiger partial charge in [0, 0.05) is 18.9 Å². The molecule has 0 aliphatic carbocycles. The van der Waals surface area contributed by atoms with Crippen molar-refractivity contribution in [1.29, 1.82) is 5.26 Å². The molecule has 10 heteroatoms. The first kappa shape index (κ1) is 15.8. The van der Waals surface area contributed by atoms with Gasteiger partial charge >= 0.3 is 6.09 Å². The van der Waals surface area contributed by atoms with E-state index >= 15 is 0 Å². The summed E-state index contributed by atoms with van der Waals surface area (Å²) in [5.41, 5.74) is 1.57. The van der Waals surface area contributed by atoms with Crippen LogP contribution in [0.4, 0.5) is 4.79 Å². The van der Waals surface area contributed by atoms with Crippen LogP contribution in [0, 0.1) is 11.3 Å². The third-order valence-corrected chi connectivity index (χ3v) is 4.18. The second kappa shape index (κ2) is 6.29. The number of hydrogen-bond acceptors (Lipinski definition) is 7. The smallest absolute Gasteiger partial charge is 0.407 e. The Bertz CT molecular complexity index is 1000. The molecule has 0 bridgehead atoms. The average molecular weight is 351 g/mol. The van der Waals surface area contributed by atoms with Crippen LogP contribution in [-0.2, 0) is 0 Å². The summed E-state index contributed by atoms with van der Waals surface area (Å²) in [7, 11) is 0. The monoisotopic (exact) mass is 351 g/mol. The van der Waals surface area contributed by atoms with Crippen molar-refractivity contribution in [1.82, 2.24) is 29.8 Å². The third-order valence-electron chi connectivity index (χ3n) is 4.18. The summed E-state index contributed by atoms with van der Waals surface area (Å²) in [6.45, 7) is 0.456. The van der Waals surface area contributed by atoms with Gasteiger partial charge in [-0.2, -0.15) is 15.3 Å². The van der Waals surface area contributed by atoms with Crippen LogP contribution < -0.4 is 0 Å². The Labute approximate surface area is 147 Å². The summed E-state index contributed by atoms with van der Waals surface area (Å²) in [6, 6.07) is 5.05. The molecule has 1 aliphatic heterocycles. The first-order valence-corrected chi connectivity index (χ1v) is 7.90. The van der Waals surface area contributed by atoms with Crippen LogP contribution in [-0.4, -0.2) is 47.5 Å². The summed E-state index contributed by atoms with van der Waals surface area (Å²) in [6.07, 6.45) is 5.05. The van der Waals surface area contributed by atoms with Gasteiger partial charge in [0.1, 0.15) is 11.8 Å². The SMILES string of the molecule is N#Cc1cnn(-c2ccnc(-c3nc([C@@H]4CCCN4C(=O)O)no3)c2)c1. The maximum absolute atomic E-state index is 11.3. The van der Waals surface area contributed by atoms with Gasteiger partial charge in [-0.3, -0.25) is 9.88 Å². The molecule has 10 nitrogen and oxygen atoms in total. The van der Waals surface area contributed by atoms with E-state index in [1.807, 2.05) is 6.07 Å². The minimum absolute atomic E-state index is 0.201. The molecule has 3 aromatic heterocycles. The van der Waals surface area contributed by atoms with Crippen LogP contribution in [0.5, 0.6) is 0 Å². The lowest BCUT2D eigenvalue weighted by molar-refractivity contribution is 0.138. The molecule has 1 atom stereocenters. The number of aromatic nitrogens is 5. The lowest BCUT2D eigenvalue weighted by atomic mass is 10.2. The molecule has 0 saturated carbocycles. The summed E-state index contributed by atoms with van der Waals surface area (Å²) in [5, 5.41) is 26.2. The van der Waals surface area contributed by atoms with Gasteiger partial charge in [0.25, 0.3) is 5.89 Å². The van der Waals surface area contributed by atoms with Crippen LogP contribution >= 0.6 is 0 Å². The van der Waals surface area contributed by atoms with E-state index in [4.69, 9.17) is 9.78 Å².